The van der Waals surface area contributed by atoms with E-state index in [0.717, 1.165) is 37.3 Å². The number of carbonyl (C=O) groups excluding carboxylic acids is 2. The summed E-state index contributed by atoms with van der Waals surface area (Å²) >= 11 is 0. The zero-order valence-corrected chi connectivity index (χ0v) is 15.8. The van der Waals surface area contributed by atoms with Crippen LogP contribution in [-0.4, -0.2) is 48.4 Å². The molecule has 2 heterocycles. The van der Waals surface area contributed by atoms with Crippen molar-refractivity contribution < 1.29 is 9.59 Å². The zero-order valence-electron chi connectivity index (χ0n) is 15.8. The SMILES string of the molecule is O=C(CC12CC3CC(CC(C3)C1)C2)NCC(=O)N1CCC2CCC(C1)N2. The lowest BCUT2D eigenvalue weighted by molar-refractivity contribution is -0.135. The standard InChI is InChI=1S/C21H33N3O2/c25-19(11-21-8-14-5-15(9-21)7-16(6-14)10-21)22-12-20(26)24-4-3-17-1-2-18(13-24)23-17/h14-18,23H,1-13H2,(H,22,25). The fourth-order valence-electron chi connectivity index (χ4n) is 7.37. The van der Waals surface area contributed by atoms with Crippen molar-refractivity contribution in [2.75, 3.05) is 19.6 Å². The number of carbonyl (C=O) groups is 2. The number of hydrogen-bond donors (Lipinski definition) is 2. The summed E-state index contributed by atoms with van der Waals surface area (Å²) in [4.78, 5) is 27.2. The molecule has 5 heteroatoms. The number of fused-ring (bicyclic) bond motifs is 2. The first-order valence-corrected chi connectivity index (χ1v) is 10.9. The minimum atomic E-state index is 0.0956. The number of nitrogens with zero attached hydrogens (tertiary/aromatic N) is 1. The van der Waals surface area contributed by atoms with Gasteiger partial charge >= 0.3 is 0 Å². The van der Waals surface area contributed by atoms with Gasteiger partial charge in [0.25, 0.3) is 0 Å². The van der Waals surface area contributed by atoms with Crippen molar-refractivity contribution in [3.63, 3.8) is 0 Å². The summed E-state index contributed by atoms with van der Waals surface area (Å²) < 4.78 is 0. The first-order chi connectivity index (χ1) is 12.6. The van der Waals surface area contributed by atoms with Crippen LogP contribution >= 0.6 is 0 Å². The van der Waals surface area contributed by atoms with Crippen LogP contribution in [0.2, 0.25) is 0 Å². The van der Waals surface area contributed by atoms with Crippen LogP contribution in [0, 0.1) is 23.2 Å². The molecule has 6 aliphatic rings. The molecule has 4 saturated carbocycles. The van der Waals surface area contributed by atoms with E-state index < -0.39 is 0 Å². The Morgan fingerprint density at radius 2 is 1.62 bits per heavy atom. The predicted octanol–water partition coefficient (Wildman–Crippen LogP) is 2.06. The highest BCUT2D eigenvalue weighted by Crippen LogP contribution is 2.61. The number of amides is 2. The summed E-state index contributed by atoms with van der Waals surface area (Å²) in [6.45, 7) is 1.82. The molecule has 0 aromatic heterocycles. The molecule has 2 amide bonds. The second-order valence-electron chi connectivity index (χ2n) is 10.1. The van der Waals surface area contributed by atoms with E-state index in [-0.39, 0.29) is 23.8 Å². The van der Waals surface area contributed by atoms with Gasteiger partial charge in [-0.05, 0) is 81.0 Å². The maximum Gasteiger partial charge on any atom is 0.242 e. The van der Waals surface area contributed by atoms with Crippen LogP contribution in [0.15, 0.2) is 0 Å². The van der Waals surface area contributed by atoms with Crippen LogP contribution in [0.25, 0.3) is 0 Å². The van der Waals surface area contributed by atoms with Gasteiger partial charge in [-0.2, -0.15) is 0 Å². The van der Waals surface area contributed by atoms with Crippen molar-refractivity contribution in [3.05, 3.63) is 0 Å². The second-order valence-corrected chi connectivity index (χ2v) is 10.1. The Hall–Kier alpha value is -1.10. The first kappa shape index (κ1) is 17.0. The van der Waals surface area contributed by atoms with Gasteiger partial charge in [0.05, 0.1) is 6.54 Å². The summed E-state index contributed by atoms with van der Waals surface area (Å²) in [5.74, 6) is 2.81. The molecule has 2 saturated heterocycles. The molecule has 0 spiro atoms. The molecule has 0 aromatic carbocycles. The lowest BCUT2D eigenvalue weighted by Gasteiger charge is -2.56. The highest BCUT2D eigenvalue weighted by Gasteiger charge is 2.51. The van der Waals surface area contributed by atoms with Crippen molar-refractivity contribution >= 4 is 11.8 Å². The monoisotopic (exact) mass is 359 g/mol. The third kappa shape index (κ3) is 3.28. The van der Waals surface area contributed by atoms with Gasteiger partial charge in [-0.1, -0.05) is 0 Å². The Morgan fingerprint density at radius 3 is 2.31 bits per heavy atom. The van der Waals surface area contributed by atoms with E-state index in [1.54, 1.807) is 0 Å². The minimum Gasteiger partial charge on any atom is -0.347 e. The molecule has 0 radical (unpaired) electrons. The topological polar surface area (TPSA) is 61.4 Å². The number of hydrogen-bond acceptors (Lipinski definition) is 3. The van der Waals surface area contributed by atoms with E-state index in [1.165, 1.54) is 51.4 Å². The fourth-order valence-corrected chi connectivity index (χ4v) is 7.37. The Kier molecular flexibility index (Phi) is 4.26. The number of nitrogens with one attached hydrogen (secondary N) is 2. The molecule has 2 N–H and O–H groups in total. The van der Waals surface area contributed by atoms with E-state index in [4.69, 9.17) is 0 Å². The quantitative estimate of drug-likeness (QED) is 0.808. The molecular weight excluding hydrogens is 326 g/mol. The van der Waals surface area contributed by atoms with Gasteiger partial charge in [-0.25, -0.2) is 0 Å². The molecule has 26 heavy (non-hydrogen) atoms. The van der Waals surface area contributed by atoms with Gasteiger partial charge in [0.2, 0.25) is 11.8 Å². The summed E-state index contributed by atoms with van der Waals surface area (Å²) in [5.41, 5.74) is 0.257. The lowest BCUT2D eigenvalue weighted by atomic mass is 9.49. The summed E-state index contributed by atoms with van der Waals surface area (Å²) in [7, 11) is 0. The van der Waals surface area contributed by atoms with Crippen molar-refractivity contribution in [3.8, 4) is 0 Å². The normalized spacial score (nSPS) is 43.4. The van der Waals surface area contributed by atoms with Crippen molar-refractivity contribution in [1.82, 2.24) is 15.5 Å². The molecule has 2 unspecified atom stereocenters. The second kappa shape index (κ2) is 6.50. The van der Waals surface area contributed by atoms with Crippen LogP contribution in [0.5, 0.6) is 0 Å². The first-order valence-electron chi connectivity index (χ1n) is 10.9. The lowest BCUT2D eigenvalue weighted by Crippen LogP contribution is -2.49. The highest BCUT2D eigenvalue weighted by molar-refractivity contribution is 5.85. The summed E-state index contributed by atoms with van der Waals surface area (Å²) in [6, 6.07) is 1.04. The Morgan fingerprint density at radius 1 is 0.962 bits per heavy atom. The van der Waals surface area contributed by atoms with Gasteiger partial charge in [0.1, 0.15) is 0 Å². The largest absolute Gasteiger partial charge is 0.347 e. The third-order valence-corrected chi connectivity index (χ3v) is 8.01. The molecule has 6 fully saturated rings. The molecule has 6 rings (SSSR count). The van der Waals surface area contributed by atoms with Gasteiger partial charge in [-0.15, -0.1) is 0 Å². The van der Waals surface area contributed by atoms with E-state index in [2.05, 4.69) is 10.6 Å². The number of likely N-dealkylation sites (tertiary alicyclic amines) is 1. The molecule has 2 atom stereocenters. The van der Waals surface area contributed by atoms with E-state index in [1.807, 2.05) is 4.90 Å². The van der Waals surface area contributed by atoms with Gasteiger partial charge in [0, 0.05) is 31.6 Å². The zero-order chi connectivity index (χ0) is 17.7. The van der Waals surface area contributed by atoms with Crippen LogP contribution in [0.1, 0.15) is 64.2 Å². The average Bonchev–Trinajstić information content (AvgIpc) is 2.90. The molecule has 4 aliphatic carbocycles. The molecular formula is C21H33N3O2. The Labute approximate surface area is 156 Å². The molecule has 144 valence electrons. The minimum absolute atomic E-state index is 0.0956. The van der Waals surface area contributed by atoms with Gasteiger partial charge in [-0.3, -0.25) is 9.59 Å². The number of rotatable bonds is 4. The molecule has 5 nitrogen and oxygen atoms in total. The van der Waals surface area contributed by atoms with Crippen molar-refractivity contribution in [2.45, 2.75) is 76.3 Å². The average molecular weight is 360 g/mol. The smallest absolute Gasteiger partial charge is 0.242 e. The van der Waals surface area contributed by atoms with Crippen LogP contribution in [0.3, 0.4) is 0 Å². The molecule has 2 aliphatic heterocycles. The molecule has 0 aromatic rings. The maximum absolute atomic E-state index is 12.6. The Balaban J connectivity index is 1.12. The molecule has 6 bridgehead atoms. The predicted molar refractivity (Wildman–Crippen MR) is 99.4 cm³/mol. The van der Waals surface area contributed by atoms with Crippen molar-refractivity contribution in [2.24, 2.45) is 23.2 Å². The van der Waals surface area contributed by atoms with Crippen LogP contribution in [0.4, 0.5) is 0 Å². The Bertz CT molecular complexity index is 555. The van der Waals surface area contributed by atoms with Crippen molar-refractivity contribution in [1.29, 1.82) is 0 Å². The van der Waals surface area contributed by atoms with Gasteiger partial charge in [0.15, 0.2) is 0 Å². The maximum atomic E-state index is 12.6. The van der Waals surface area contributed by atoms with E-state index in [0.29, 0.717) is 18.5 Å². The van der Waals surface area contributed by atoms with Crippen LogP contribution in [-0.2, 0) is 9.59 Å². The third-order valence-electron chi connectivity index (χ3n) is 8.01. The van der Waals surface area contributed by atoms with Crippen LogP contribution < -0.4 is 10.6 Å². The summed E-state index contributed by atoms with van der Waals surface area (Å²) in [5, 5.41) is 6.58. The van der Waals surface area contributed by atoms with E-state index >= 15 is 0 Å². The fraction of sp³-hybridized carbons (Fsp3) is 0.905. The summed E-state index contributed by atoms with van der Waals surface area (Å²) in [6.07, 6.45) is 12.1. The van der Waals surface area contributed by atoms with E-state index in [9.17, 15) is 9.59 Å². The van der Waals surface area contributed by atoms with Gasteiger partial charge < -0.3 is 15.5 Å². The highest BCUT2D eigenvalue weighted by atomic mass is 16.2.